The normalized spacial score (nSPS) is 15.0. The fourth-order valence-corrected chi connectivity index (χ4v) is 3.70. The van der Waals surface area contributed by atoms with Crippen LogP contribution in [0.15, 0.2) is 88.0 Å². The number of anilines is 1. The lowest BCUT2D eigenvalue weighted by atomic mass is 10.1. The maximum Gasteiger partial charge on any atom is 0.282 e. The van der Waals surface area contributed by atoms with E-state index in [0.29, 0.717) is 33.6 Å². The first-order valence-corrected chi connectivity index (χ1v) is 10.0. The van der Waals surface area contributed by atoms with E-state index in [4.69, 9.17) is 16.3 Å². The van der Waals surface area contributed by atoms with Crippen molar-refractivity contribution in [2.75, 3.05) is 12.0 Å². The van der Waals surface area contributed by atoms with E-state index in [0.717, 1.165) is 10.0 Å². The Balaban J connectivity index is 1.83. The molecule has 0 saturated heterocycles. The summed E-state index contributed by atoms with van der Waals surface area (Å²) in [6.45, 7) is 0. The highest BCUT2D eigenvalue weighted by Crippen LogP contribution is 2.31. The van der Waals surface area contributed by atoms with E-state index in [1.54, 1.807) is 24.2 Å². The molecule has 3 aromatic carbocycles. The first kappa shape index (κ1) is 19.4. The molecule has 29 heavy (non-hydrogen) atoms. The second-order valence-corrected chi connectivity index (χ2v) is 7.66. The smallest absolute Gasteiger partial charge is 0.282 e. The summed E-state index contributed by atoms with van der Waals surface area (Å²) in [6, 6.07) is 22.3. The van der Waals surface area contributed by atoms with Crippen LogP contribution in [0, 0.1) is 0 Å². The Morgan fingerprint density at radius 1 is 1.03 bits per heavy atom. The largest absolute Gasteiger partial charge is 0.497 e. The second-order valence-electron chi connectivity index (χ2n) is 6.34. The number of halogens is 2. The number of hydrogen-bond acceptors (Lipinski definition) is 3. The molecule has 0 unspecified atom stereocenters. The molecule has 1 aliphatic rings. The van der Waals surface area contributed by atoms with Crippen molar-refractivity contribution in [1.29, 1.82) is 0 Å². The van der Waals surface area contributed by atoms with Crippen molar-refractivity contribution in [1.82, 2.24) is 0 Å². The topological polar surface area (TPSA) is 41.9 Å². The highest BCUT2D eigenvalue weighted by atomic mass is 79.9. The van der Waals surface area contributed by atoms with E-state index in [2.05, 4.69) is 20.9 Å². The zero-order valence-electron chi connectivity index (χ0n) is 15.5. The van der Waals surface area contributed by atoms with Crippen LogP contribution in [-0.2, 0) is 4.79 Å². The average Bonchev–Trinajstić information content (AvgIpc) is 3.04. The molecule has 0 spiro atoms. The van der Waals surface area contributed by atoms with Crippen LogP contribution in [0.4, 0.5) is 5.69 Å². The molecule has 1 aliphatic heterocycles. The summed E-state index contributed by atoms with van der Waals surface area (Å²) in [5, 5.41) is 0.529. The summed E-state index contributed by atoms with van der Waals surface area (Å²) in [4.78, 5) is 19.5. The molecule has 144 valence electrons. The van der Waals surface area contributed by atoms with Crippen LogP contribution in [-0.4, -0.2) is 18.9 Å². The molecule has 0 atom stereocenters. The summed E-state index contributed by atoms with van der Waals surface area (Å²) in [7, 11) is 1.60. The lowest BCUT2D eigenvalue weighted by Crippen LogP contribution is -2.32. The average molecular weight is 468 g/mol. The van der Waals surface area contributed by atoms with Gasteiger partial charge in [0.05, 0.1) is 17.8 Å². The first-order chi connectivity index (χ1) is 14.1. The van der Waals surface area contributed by atoms with Gasteiger partial charge in [-0.3, -0.25) is 9.69 Å². The molecule has 0 aliphatic carbocycles. The highest BCUT2D eigenvalue weighted by Gasteiger charge is 2.33. The van der Waals surface area contributed by atoms with Gasteiger partial charge < -0.3 is 4.74 Å². The van der Waals surface area contributed by atoms with Gasteiger partial charge >= 0.3 is 0 Å². The monoisotopic (exact) mass is 466 g/mol. The van der Waals surface area contributed by atoms with Crippen molar-refractivity contribution in [2.45, 2.75) is 0 Å². The molecule has 4 nitrogen and oxygen atoms in total. The SMILES string of the molecule is COc1ccc(N2C(=O)/C(=C\c3cccc(Br)c3)N=C2c2ccccc2Cl)cc1. The quantitative estimate of drug-likeness (QED) is 0.445. The Morgan fingerprint density at radius 3 is 2.48 bits per heavy atom. The minimum absolute atomic E-state index is 0.218. The minimum Gasteiger partial charge on any atom is -0.497 e. The van der Waals surface area contributed by atoms with Crippen molar-refractivity contribution in [3.8, 4) is 5.75 Å². The van der Waals surface area contributed by atoms with Crippen LogP contribution in [0.25, 0.3) is 6.08 Å². The number of methoxy groups -OCH3 is 1. The minimum atomic E-state index is -0.218. The van der Waals surface area contributed by atoms with Gasteiger partial charge in [0.25, 0.3) is 5.91 Å². The molecular formula is C23H16BrClN2O2. The predicted octanol–water partition coefficient (Wildman–Crippen LogP) is 5.95. The summed E-state index contributed by atoms with van der Waals surface area (Å²) in [5.41, 5.74) is 2.60. The second kappa shape index (κ2) is 8.23. The molecule has 0 fully saturated rings. The molecule has 0 N–H and O–H groups in total. The number of ether oxygens (including phenoxy) is 1. The third kappa shape index (κ3) is 3.97. The van der Waals surface area contributed by atoms with E-state index in [1.807, 2.05) is 66.7 Å². The number of rotatable bonds is 4. The molecule has 0 saturated carbocycles. The maximum atomic E-state index is 13.3. The molecule has 1 heterocycles. The third-order valence-corrected chi connectivity index (χ3v) is 5.28. The molecule has 6 heteroatoms. The van der Waals surface area contributed by atoms with E-state index >= 15 is 0 Å². The lowest BCUT2D eigenvalue weighted by Gasteiger charge is -2.19. The van der Waals surface area contributed by atoms with E-state index in [-0.39, 0.29) is 5.91 Å². The van der Waals surface area contributed by atoms with Gasteiger partial charge in [-0.25, -0.2) is 4.99 Å². The van der Waals surface area contributed by atoms with Gasteiger partial charge in [-0.2, -0.15) is 0 Å². The number of carbonyl (C=O) groups excluding carboxylic acids is 1. The number of benzene rings is 3. The van der Waals surface area contributed by atoms with Crippen molar-refractivity contribution in [3.63, 3.8) is 0 Å². The van der Waals surface area contributed by atoms with Crippen LogP contribution in [0.2, 0.25) is 5.02 Å². The molecule has 4 rings (SSSR count). The van der Waals surface area contributed by atoms with Crippen LogP contribution in [0.3, 0.4) is 0 Å². The fourth-order valence-electron chi connectivity index (χ4n) is 3.06. The lowest BCUT2D eigenvalue weighted by molar-refractivity contribution is -0.113. The standard InChI is InChI=1S/C23H16BrClN2O2/c1-29-18-11-9-17(10-12-18)27-22(19-7-2-3-8-20(19)25)26-21(23(27)28)14-15-5-4-6-16(24)13-15/h2-14H,1H3/b21-14+. The molecule has 0 radical (unpaired) electrons. The molecule has 0 bridgehead atoms. The molecular weight excluding hydrogens is 452 g/mol. The Morgan fingerprint density at radius 2 is 1.79 bits per heavy atom. The summed E-state index contributed by atoms with van der Waals surface area (Å²) >= 11 is 9.87. The number of amidine groups is 1. The van der Waals surface area contributed by atoms with Gasteiger partial charge in [0, 0.05) is 10.0 Å². The Bertz CT molecular complexity index is 1140. The maximum absolute atomic E-state index is 13.3. The van der Waals surface area contributed by atoms with Crippen molar-refractivity contribution < 1.29 is 9.53 Å². The van der Waals surface area contributed by atoms with Crippen LogP contribution >= 0.6 is 27.5 Å². The zero-order valence-corrected chi connectivity index (χ0v) is 17.8. The number of amides is 1. The summed E-state index contributed by atoms with van der Waals surface area (Å²) in [5.74, 6) is 0.985. The molecule has 1 amide bonds. The predicted molar refractivity (Wildman–Crippen MR) is 121 cm³/mol. The number of hydrogen-bond donors (Lipinski definition) is 0. The van der Waals surface area contributed by atoms with Crippen molar-refractivity contribution in [2.24, 2.45) is 4.99 Å². The van der Waals surface area contributed by atoms with Gasteiger partial charge in [-0.1, -0.05) is 51.8 Å². The zero-order chi connectivity index (χ0) is 20.4. The van der Waals surface area contributed by atoms with Crippen LogP contribution < -0.4 is 9.64 Å². The third-order valence-electron chi connectivity index (χ3n) is 4.46. The van der Waals surface area contributed by atoms with Gasteiger partial charge in [-0.15, -0.1) is 0 Å². The van der Waals surface area contributed by atoms with Crippen molar-refractivity contribution >= 4 is 51.0 Å². The Hall–Kier alpha value is -2.89. The van der Waals surface area contributed by atoms with Gasteiger partial charge in [0.1, 0.15) is 17.3 Å². The highest BCUT2D eigenvalue weighted by molar-refractivity contribution is 9.10. The van der Waals surface area contributed by atoms with Gasteiger partial charge in [-0.05, 0) is 60.2 Å². The number of aliphatic imine (C=N–C) groups is 1. The Labute approximate surface area is 182 Å². The van der Waals surface area contributed by atoms with Crippen LogP contribution in [0.5, 0.6) is 5.75 Å². The number of carbonyl (C=O) groups is 1. The van der Waals surface area contributed by atoms with E-state index in [9.17, 15) is 4.79 Å². The van der Waals surface area contributed by atoms with E-state index < -0.39 is 0 Å². The van der Waals surface area contributed by atoms with E-state index in [1.165, 1.54) is 0 Å². The van der Waals surface area contributed by atoms with Crippen LogP contribution in [0.1, 0.15) is 11.1 Å². The fraction of sp³-hybridized carbons (Fsp3) is 0.0435. The first-order valence-electron chi connectivity index (χ1n) is 8.86. The summed E-state index contributed by atoms with van der Waals surface area (Å²) in [6.07, 6.45) is 1.77. The molecule has 0 aromatic heterocycles. The molecule has 3 aromatic rings. The van der Waals surface area contributed by atoms with Gasteiger partial charge in [0.15, 0.2) is 0 Å². The number of nitrogens with zero attached hydrogens (tertiary/aromatic N) is 2. The Kier molecular flexibility index (Phi) is 5.51. The van der Waals surface area contributed by atoms with Crippen molar-refractivity contribution in [3.05, 3.63) is 99.1 Å². The van der Waals surface area contributed by atoms with Gasteiger partial charge in [0.2, 0.25) is 0 Å². The summed E-state index contributed by atoms with van der Waals surface area (Å²) < 4.78 is 6.16.